The summed E-state index contributed by atoms with van der Waals surface area (Å²) in [6, 6.07) is 1.77. The molecular weight excluding hydrogens is 402 g/mol. The second-order valence-corrected chi connectivity index (χ2v) is 11.6. The van der Waals surface area contributed by atoms with Gasteiger partial charge in [0, 0.05) is 51.0 Å². The third-order valence-corrected chi connectivity index (χ3v) is 8.83. The minimum atomic E-state index is -3.34. The van der Waals surface area contributed by atoms with Crippen LogP contribution >= 0.6 is 0 Å². The maximum atomic E-state index is 13.5. The Morgan fingerprint density at radius 1 is 1.27 bits per heavy atom. The Balaban J connectivity index is 1.59. The van der Waals surface area contributed by atoms with Gasteiger partial charge >= 0.3 is 0 Å². The standard InChI is InChI=1S/C21H33N5O3S/c1-16(2)14-30(28,29)26-10-3-7-21(19(27)24-11-17-5-6-17)15-25(12-18(21)13-26)20-22-8-4-9-23-20/h4,8-9,16-18H,3,5-7,10-15H2,1-2H3,(H,24,27)/t18-,21+/m1/s1. The maximum absolute atomic E-state index is 13.5. The first kappa shape index (κ1) is 21.5. The number of anilines is 1. The zero-order valence-corrected chi connectivity index (χ0v) is 18.8. The summed E-state index contributed by atoms with van der Waals surface area (Å²) in [5, 5.41) is 3.19. The Labute approximate surface area is 179 Å². The number of fused-ring (bicyclic) bond motifs is 1. The lowest BCUT2D eigenvalue weighted by Crippen LogP contribution is -2.48. The topological polar surface area (TPSA) is 95.5 Å². The van der Waals surface area contributed by atoms with Crippen molar-refractivity contribution < 1.29 is 13.2 Å². The number of nitrogens with one attached hydrogen (secondary N) is 1. The number of amides is 1. The molecule has 0 aromatic carbocycles. The van der Waals surface area contributed by atoms with Crippen molar-refractivity contribution >= 4 is 21.9 Å². The summed E-state index contributed by atoms with van der Waals surface area (Å²) in [5.41, 5.74) is -0.601. The Morgan fingerprint density at radius 2 is 2.00 bits per heavy atom. The van der Waals surface area contributed by atoms with Crippen LogP contribution in [0.2, 0.25) is 0 Å². The number of aromatic nitrogens is 2. The van der Waals surface area contributed by atoms with E-state index in [0.717, 1.165) is 6.54 Å². The monoisotopic (exact) mass is 435 g/mol. The Bertz CT molecular complexity index is 859. The van der Waals surface area contributed by atoms with Gasteiger partial charge in [-0.25, -0.2) is 22.7 Å². The van der Waals surface area contributed by atoms with E-state index < -0.39 is 15.4 Å². The van der Waals surface area contributed by atoms with Crippen molar-refractivity contribution in [1.29, 1.82) is 0 Å². The third kappa shape index (κ3) is 4.46. The fourth-order valence-corrected chi connectivity index (χ4v) is 6.76. The van der Waals surface area contributed by atoms with Crippen LogP contribution in [0.25, 0.3) is 0 Å². The van der Waals surface area contributed by atoms with Crippen LogP contribution in [0, 0.1) is 23.2 Å². The predicted molar refractivity (Wildman–Crippen MR) is 115 cm³/mol. The van der Waals surface area contributed by atoms with Gasteiger partial charge in [-0.3, -0.25) is 4.79 Å². The number of carbonyl (C=O) groups is 1. The number of rotatable bonds is 7. The van der Waals surface area contributed by atoms with E-state index >= 15 is 0 Å². The molecule has 1 amide bonds. The molecule has 0 bridgehead atoms. The molecule has 1 N–H and O–H groups in total. The molecule has 8 nitrogen and oxygen atoms in total. The van der Waals surface area contributed by atoms with Gasteiger partial charge < -0.3 is 10.2 Å². The van der Waals surface area contributed by atoms with Gasteiger partial charge in [-0.1, -0.05) is 13.8 Å². The number of hydrogen-bond acceptors (Lipinski definition) is 6. The molecule has 0 radical (unpaired) electrons. The van der Waals surface area contributed by atoms with Gasteiger partial charge in [-0.15, -0.1) is 0 Å². The molecule has 3 heterocycles. The van der Waals surface area contributed by atoms with Crippen molar-refractivity contribution in [2.75, 3.05) is 43.4 Å². The molecule has 4 rings (SSSR count). The highest BCUT2D eigenvalue weighted by molar-refractivity contribution is 7.89. The fourth-order valence-electron chi connectivity index (χ4n) is 4.89. The normalized spacial score (nSPS) is 27.7. The molecule has 3 aliphatic rings. The Kier molecular flexibility index (Phi) is 6.03. The molecule has 3 fully saturated rings. The van der Waals surface area contributed by atoms with Crippen LogP contribution in [0.15, 0.2) is 18.5 Å². The van der Waals surface area contributed by atoms with E-state index in [1.807, 2.05) is 13.8 Å². The molecule has 30 heavy (non-hydrogen) atoms. The highest BCUT2D eigenvalue weighted by Gasteiger charge is 2.54. The lowest BCUT2D eigenvalue weighted by molar-refractivity contribution is -0.132. The zero-order valence-electron chi connectivity index (χ0n) is 18.0. The lowest BCUT2D eigenvalue weighted by Gasteiger charge is -2.32. The Morgan fingerprint density at radius 3 is 2.67 bits per heavy atom. The molecule has 2 atom stereocenters. The molecule has 1 saturated carbocycles. The molecule has 1 aliphatic carbocycles. The van der Waals surface area contributed by atoms with Gasteiger partial charge in [0.25, 0.3) is 0 Å². The highest BCUT2D eigenvalue weighted by atomic mass is 32.2. The van der Waals surface area contributed by atoms with Crippen LogP contribution in [-0.2, 0) is 14.8 Å². The van der Waals surface area contributed by atoms with Crippen molar-refractivity contribution in [3.8, 4) is 0 Å². The number of sulfonamides is 1. The van der Waals surface area contributed by atoms with Crippen molar-refractivity contribution in [1.82, 2.24) is 19.6 Å². The molecular formula is C21H33N5O3S. The minimum Gasteiger partial charge on any atom is -0.355 e. The summed E-state index contributed by atoms with van der Waals surface area (Å²) in [6.07, 6.45) is 7.15. The average molecular weight is 436 g/mol. The van der Waals surface area contributed by atoms with Crippen molar-refractivity contribution in [2.24, 2.45) is 23.2 Å². The first-order chi connectivity index (χ1) is 14.3. The molecule has 166 valence electrons. The minimum absolute atomic E-state index is 0.0703. The van der Waals surface area contributed by atoms with Gasteiger partial charge in [0.05, 0.1) is 11.2 Å². The van der Waals surface area contributed by atoms with Crippen LogP contribution in [0.4, 0.5) is 5.95 Å². The van der Waals surface area contributed by atoms with E-state index in [0.29, 0.717) is 50.9 Å². The summed E-state index contributed by atoms with van der Waals surface area (Å²) in [4.78, 5) is 24.3. The number of hydrogen-bond donors (Lipinski definition) is 1. The second-order valence-electron chi connectivity index (χ2n) is 9.57. The summed E-state index contributed by atoms with van der Waals surface area (Å²) in [5.74, 6) is 1.42. The molecule has 9 heteroatoms. The number of carbonyl (C=O) groups excluding carboxylic acids is 1. The third-order valence-electron chi connectivity index (χ3n) is 6.62. The van der Waals surface area contributed by atoms with Crippen LogP contribution in [0.5, 0.6) is 0 Å². The van der Waals surface area contributed by atoms with Gasteiger partial charge in [-0.05, 0) is 43.6 Å². The van der Waals surface area contributed by atoms with Gasteiger partial charge in [-0.2, -0.15) is 0 Å². The van der Waals surface area contributed by atoms with E-state index in [2.05, 4.69) is 20.2 Å². The summed E-state index contributed by atoms with van der Waals surface area (Å²) in [6.45, 7) is 6.58. The maximum Gasteiger partial charge on any atom is 0.228 e. The zero-order chi connectivity index (χ0) is 21.4. The van der Waals surface area contributed by atoms with Gasteiger partial charge in [0.2, 0.25) is 21.9 Å². The molecule has 1 aromatic heterocycles. The van der Waals surface area contributed by atoms with Crippen LogP contribution < -0.4 is 10.2 Å². The predicted octanol–water partition coefficient (Wildman–Crippen LogP) is 1.51. The fraction of sp³-hybridized carbons (Fsp3) is 0.762. The quantitative estimate of drug-likeness (QED) is 0.697. The van der Waals surface area contributed by atoms with Crippen LogP contribution in [0.1, 0.15) is 39.5 Å². The SMILES string of the molecule is CC(C)CS(=O)(=O)N1CCC[C@]2(C(=O)NCC3CC3)CN(c3ncccn3)C[C@@H]2C1. The summed E-state index contributed by atoms with van der Waals surface area (Å²) in [7, 11) is -3.34. The van der Waals surface area contributed by atoms with Gasteiger partial charge in [0.1, 0.15) is 0 Å². The molecule has 0 unspecified atom stereocenters. The van der Waals surface area contributed by atoms with Crippen LogP contribution in [-0.4, -0.2) is 67.1 Å². The van der Waals surface area contributed by atoms with Crippen molar-refractivity contribution in [2.45, 2.75) is 39.5 Å². The first-order valence-corrected chi connectivity index (χ1v) is 12.7. The molecule has 0 spiro atoms. The van der Waals surface area contributed by atoms with Crippen molar-refractivity contribution in [3.63, 3.8) is 0 Å². The van der Waals surface area contributed by atoms with Crippen molar-refractivity contribution in [3.05, 3.63) is 18.5 Å². The first-order valence-electron chi connectivity index (χ1n) is 11.1. The largest absolute Gasteiger partial charge is 0.355 e. The Hall–Kier alpha value is -1.74. The molecule has 2 aliphatic heterocycles. The molecule has 2 saturated heterocycles. The van der Waals surface area contributed by atoms with E-state index in [9.17, 15) is 13.2 Å². The molecule has 1 aromatic rings. The summed E-state index contributed by atoms with van der Waals surface area (Å²) >= 11 is 0. The average Bonchev–Trinajstić information content (AvgIpc) is 3.49. The summed E-state index contributed by atoms with van der Waals surface area (Å²) < 4.78 is 27.6. The van der Waals surface area contributed by atoms with Crippen LogP contribution in [0.3, 0.4) is 0 Å². The lowest BCUT2D eigenvalue weighted by atomic mass is 9.74. The van der Waals surface area contributed by atoms with E-state index in [-0.39, 0.29) is 23.5 Å². The van der Waals surface area contributed by atoms with E-state index in [1.165, 1.54) is 12.8 Å². The highest BCUT2D eigenvalue weighted by Crippen LogP contribution is 2.44. The number of nitrogens with zero attached hydrogens (tertiary/aromatic N) is 4. The van der Waals surface area contributed by atoms with E-state index in [1.54, 1.807) is 22.8 Å². The smallest absolute Gasteiger partial charge is 0.228 e. The van der Waals surface area contributed by atoms with Gasteiger partial charge in [0.15, 0.2) is 0 Å². The second kappa shape index (κ2) is 8.42. The van der Waals surface area contributed by atoms with E-state index in [4.69, 9.17) is 0 Å².